The molecule has 0 bridgehead atoms. The summed E-state index contributed by atoms with van der Waals surface area (Å²) in [6.45, 7) is 4.35. The predicted octanol–water partition coefficient (Wildman–Crippen LogP) is 3.62. The smallest absolute Gasteiger partial charge is 0.0456 e. The van der Waals surface area contributed by atoms with E-state index in [-0.39, 0.29) is 5.54 Å². The van der Waals surface area contributed by atoms with E-state index in [9.17, 15) is 0 Å². The van der Waals surface area contributed by atoms with Gasteiger partial charge in [0.05, 0.1) is 0 Å². The van der Waals surface area contributed by atoms with Crippen molar-refractivity contribution >= 4 is 10.9 Å². The summed E-state index contributed by atoms with van der Waals surface area (Å²) < 4.78 is 0. The van der Waals surface area contributed by atoms with Crippen molar-refractivity contribution in [3.63, 3.8) is 0 Å². The van der Waals surface area contributed by atoms with Gasteiger partial charge in [-0.05, 0) is 56.6 Å². The Hall–Kier alpha value is -1.28. The second-order valence-electron chi connectivity index (χ2n) is 6.36. The molecule has 1 fully saturated rings. The molecule has 3 rings (SSSR count). The summed E-state index contributed by atoms with van der Waals surface area (Å²) in [5, 5.41) is 1.36. The molecule has 2 nitrogen and oxygen atoms in total. The Morgan fingerprint density at radius 3 is 2.67 bits per heavy atom. The van der Waals surface area contributed by atoms with Crippen LogP contribution in [-0.4, -0.2) is 10.5 Å². The van der Waals surface area contributed by atoms with E-state index < -0.39 is 0 Å². The van der Waals surface area contributed by atoms with Crippen molar-refractivity contribution in [3.05, 3.63) is 36.0 Å². The third kappa shape index (κ3) is 1.85. The normalized spacial score (nSPS) is 18.2. The number of H-pyrrole nitrogens is 1. The molecule has 0 amide bonds. The van der Waals surface area contributed by atoms with Gasteiger partial charge in [-0.2, -0.15) is 0 Å². The van der Waals surface area contributed by atoms with Gasteiger partial charge in [-0.25, -0.2) is 0 Å². The summed E-state index contributed by atoms with van der Waals surface area (Å²) in [5.74, 6) is 0. The fourth-order valence-electron chi connectivity index (χ4n) is 3.08. The van der Waals surface area contributed by atoms with Gasteiger partial charge in [0, 0.05) is 22.6 Å². The van der Waals surface area contributed by atoms with E-state index in [1.807, 2.05) is 0 Å². The minimum absolute atomic E-state index is 0.0425. The van der Waals surface area contributed by atoms with Gasteiger partial charge < -0.3 is 10.7 Å². The molecule has 0 saturated heterocycles. The molecule has 0 unspecified atom stereocenters. The maximum Gasteiger partial charge on any atom is 0.0456 e. The van der Waals surface area contributed by atoms with Crippen LogP contribution in [0.3, 0.4) is 0 Å². The third-order valence-corrected chi connectivity index (χ3v) is 4.77. The Morgan fingerprint density at radius 2 is 2.00 bits per heavy atom. The Morgan fingerprint density at radius 1 is 1.28 bits per heavy atom. The van der Waals surface area contributed by atoms with Crippen molar-refractivity contribution in [3.8, 4) is 0 Å². The maximum absolute atomic E-state index is 6.32. The number of para-hydroxylation sites is 1. The van der Waals surface area contributed by atoms with Gasteiger partial charge in [0.25, 0.3) is 0 Å². The van der Waals surface area contributed by atoms with E-state index in [0.717, 1.165) is 6.42 Å². The Bertz CT molecular complexity index is 556. The molecule has 1 aromatic heterocycles. The number of hydrogen-bond acceptors (Lipinski definition) is 1. The van der Waals surface area contributed by atoms with Gasteiger partial charge in [-0.15, -0.1) is 0 Å². The molecule has 1 saturated carbocycles. The molecule has 0 atom stereocenters. The van der Waals surface area contributed by atoms with Crippen molar-refractivity contribution < 1.29 is 0 Å². The van der Waals surface area contributed by atoms with Crippen LogP contribution in [0.5, 0.6) is 0 Å². The highest BCUT2D eigenvalue weighted by Gasteiger charge is 2.51. The molecule has 2 heteroatoms. The first-order valence-corrected chi connectivity index (χ1v) is 6.86. The highest BCUT2D eigenvalue weighted by Crippen LogP contribution is 2.56. The first-order valence-electron chi connectivity index (χ1n) is 6.86. The lowest BCUT2D eigenvalue weighted by atomic mass is 9.80. The summed E-state index contributed by atoms with van der Waals surface area (Å²) in [6, 6.07) is 8.53. The Kier molecular flexibility index (Phi) is 2.53. The van der Waals surface area contributed by atoms with E-state index in [4.69, 9.17) is 5.73 Å². The largest absolute Gasteiger partial charge is 0.361 e. The lowest BCUT2D eigenvalue weighted by Gasteiger charge is -2.30. The van der Waals surface area contributed by atoms with E-state index in [1.165, 1.54) is 35.7 Å². The Labute approximate surface area is 109 Å². The van der Waals surface area contributed by atoms with Crippen molar-refractivity contribution in [2.24, 2.45) is 11.1 Å². The van der Waals surface area contributed by atoms with Gasteiger partial charge in [-0.1, -0.05) is 18.2 Å². The molecule has 3 N–H and O–H groups in total. The van der Waals surface area contributed by atoms with Crippen LogP contribution >= 0.6 is 0 Å². The van der Waals surface area contributed by atoms with E-state index >= 15 is 0 Å². The van der Waals surface area contributed by atoms with Gasteiger partial charge in [-0.3, -0.25) is 0 Å². The first-order chi connectivity index (χ1) is 8.52. The minimum Gasteiger partial charge on any atom is -0.361 e. The highest BCUT2D eigenvalue weighted by atomic mass is 14.8. The zero-order chi connectivity index (χ0) is 12.8. The number of rotatable bonds is 4. The van der Waals surface area contributed by atoms with Crippen LogP contribution in [0.25, 0.3) is 10.9 Å². The molecule has 2 aromatic rings. The van der Waals surface area contributed by atoms with E-state index in [2.05, 4.69) is 49.3 Å². The highest BCUT2D eigenvalue weighted by molar-refractivity contribution is 5.83. The molecule has 1 heterocycles. The van der Waals surface area contributed by atoms with Crippen molar-refractivity contribution in [1.29, 1.82) is 0 Å². The fraction of sp³-hybridized carbons (Fsp3) is 0.500. The fourth-order valence-corrected chi connectivity index (χ4v) is 3.08. The van der Waals surface area contributed by atoms with Crippen LogP contribution in [0.1, 0.15) is 38.7 Å². The average molecular weight is 242 g/mol. The zero-order valence-corrected chi connectivity index (χ0v) is 11.3. The number of benzene rings is 1. The summed E-state index contributed by atoms with van der Waals surface area (Å²) in [4.78, 5) is 3.35. The number of hydrogen-bond donors (Lipinski definition) is 2. The molecular formula is C16H22N2. The second-order valence-corrected chi connectivity index (χ2v) is 6.36. The number of aryl methyl sites for hydroxylation is 1. The van der Waals surface area contributed by atoms with Crippen LogP contribution in [0.2, 0.25) is 0 Å². The monoisotopic (exact) mass is 242 g/mol. The lowest BCUT2D eigenvalue weighted by Crippen LogP contribution is -2.42. The lowest BCUT2D eigenvalue weighted by molar-refractivity contribution is 0.276. The summed E-state index contributed by atoms with van der Waals surface area (Å²) >= 11 is 0. The van der Waals surface area contributed by atoms with Crippen LogP contribution in [0.15, 0.2) is 30.5 Å². The third-order valence-electron chi connectivity index (χ3n) is 4.77. The van der Waals surface area contributed by atoms with Gasteiger partial charge in [0.1, 0.15) is 0 Å². The van der Waals surface area contributed by atoms with Crippen LogP contribution in [0, 0.1) is 5.41 Å². The predicted molar refractivity (Wildman–Crippen MR) is 76.6 cm³/mol. The molecular weight excluding hydrogens is 220 g/mol. The molecule has 1 aromatic carbocycles. The van der Waals surface area contributed by atoms with Crippen molar-refractivity contribution in [2.45, 2.75) is 45.1 Å². The van der Waals surface area contributed by atoms with Crippen LogP contribution < -0.4 is 5.73 Å². The molecule has 18 heavy (non-hydrogen) atoms. The number of nitrogens with two attached hydrogens (primary N) is 1. The van der Waals surface area contributed by atoms with Crippen LogP contribution in [-0.2, 0) is 6.42 Å². The number of aromatic amines is 1. The van der Waals surface area contributed by atoms with E-state index in [1.54, 1.807) is 0 Å². The standard InChI is InChI=1S/C16H22N2/c1-15(2,17)16(9-10-16)8-7-12-11-18-14-6-4-3-5-13(12)14/h3-6,11,18H,7-10,17H2,1-2H3. The summed E-state index contributed by atoms with van der Waals surface area (Å²) in [7, 11) is 0. The quantitative estimate of drug-likeness (QED) is 0.844. The van der Waals surface area contributed by atoms with Gasteiger partial charge >= 0.3 is 0 Å². The SMILES string of the molecule is CC(C)(N)C1(CCc2c[nH]c3ccccc23)CC1. The molecule has 96 valence electrons. The average Bonchev–Trinajstić information content (AvgIpc) is 3.02. The number of aromatic nitrogens is 1. The molecule has 1 aliphatic carbocycles. The van der Waals surface area contributed by atoms with Gasteiger partial charge in [0.15, 0.2) is 0 Å². The molecule has 0 aliphatic heterocycles. The van der Waals surface area contributed by atoms with Crippen molar-refractivity contribution in [1.82, 2.24) is 4.98 Å². The number of fused-ring (bicyclic) bond motifs is 1. The molecule has 0 radical (unpaired) electrons. The maximum atomic E-state index is 6.32. The topological polar surface area (TPSA) is 41.8 Å². The molecule has 1 aliphatic rings. The van der Waals surface area contributed by atoms with Crippen LogP contribution in [0.4, 0.5) is 0 Å². The van der Waals surface area contributed by atoms with Crippen molar-refractivity contribution in [2.75, 3.05) is 0 Å². The zero-order valence-electron chi connectivity index (χ0n) is 11.3. The first kappa shape index (κ1) is 11.8. The van der Waals surface area contributed by atoms with Gasteiger partial charge in [0.2, 0.25) is 0 Å². The second kappa shape index (κ2) is 3.86. The number of nitrogens with one attached hydrogen (secondary N) is 1. The molecule has 0 spiro atoms. The summed E-state index contributed by atoms with van der Waals surface area (Å²) in [6.07, 6.45) is 7.07. The summed E-state index contributed by atoms with van der Waals surface area (Å²) in [5.41, 5.74) is 9.33. The minimum atomic E-state index is -0.0425. The van der Waals surface area contributed by atoms with E-state index in [0.29, 0.717) is 5.41 Å². The Balaban J connectivity index is 1.78.